The highest BCUT2D eigenvalue weighted by molar-refractivity contribution is 7.91. The van der Waals surface area contributed by atoms with Crippen LogP contribution in [-0.4, -0.2) is 32.5 Å². The second-order valence-corrected chi connectivity index (χ2v) is 13.9. The van der Waals surface area contributed by atoms with Gasteiger partial charge in [0.2, 0.25) is 15.7 Å². The summed E-state index contributed by atoms with van der Waals surface area (Å²) in [4.78, 5) is 12.4. The first-order valence-corrected chi connectivity index (χ1v) is 16.8. The van der Waals surface area contributed by atoms with E-state index in [1.165, 1.54) is 31.3 Å². The maximum Gasteiger partial charge on any atom is 0.290 e. The van der Waals surface area contributed by atoms with Gasteiger partial charge in [-0.3, -0.25) is 4.79 Å². The van der Waals surface area contributed by atoms with Crippen LogP contribution < -0.4 is 38.5 Å². The van der Waals surface area contributed by atoms with Gasteiger partial charge in [-0.1, -0.05) is 41.7 Å². The van der Waals surface area contributed by atoms with E-state index in [1.807, 2.05) is 60.9 Å². The van der Waals surface area contributed by atoms with E-state index < -0.39 is 34.6 Å². The van der Waals surface area contributed by atoms with Crippen molar-refractivity contribution in [3.63, 3.8) is 0 Å². The number of pyridine rings is 1. The van der Waals surface area contributed by atoms with Crippen molar-refractivity contribution in [2.24, 2.45) is 16.6 Å². The molecule has 230 valence electrons. The Morgan fingerprint density at radius 3 is 2.00 bits per heavy atom. The van der Waals surface area contributed by atoms with Crippen molar-refractivity contribution >= 4 is 43.0 Å². The average molecular weight is 673 g/mol. The summed E-state index contributed by atoms with van der Waals surface area (Å²) in [6, 6.07) is 19.5. The molecule has 0 radical (unpaired) electrons. The topological polar surface area (TPSA) is 250 Å². The highest BCUT2D eigenvalue weighted by Gasteiger charge is 2.20. The number of primary sulfonamides is 1. The third kappa shape index (κ3) is 9.99. The number of aromatic nitrogens is 3. The number of nitrogens with zero attached hydrogens (tertiary/aromatic N) is 4. The molecular formula is C24H25ClN6O9S3. The lowest BCUT2D eigenvalue weighted by Crippen LogP contribution is -2.68. The van der Waals surface area contributed by atoms with Gasteiger partial charge in [0.15, 0.2) is 11.4 Å². The summed E-state index contributed by atoms with van der Waals surface area (Å²) in [5.41, 5.74) is 4.40. The summed E-state index contributed by atoms with van der Waals surface area (Å²) in [5.74, 6) is -0.277. The van der Waals surface area contributed by atoms with Gasteiger partial charge in [0.05, 0.1) is 4.90 Å². The first kappa shape index (κ1) is 33.9. The molecule has 0 saturated carbocycles. The molecule has 4 rings (SSSR count). The first-order valence-electron chi connectivity index (χ1n) is 11.8. The third-order valence-corrected chi connectivity index (χ3v) is 9.26. The van der Waals surface area contributed by atoms with E-state index in [1.54, 1.807) is 0 Å². The molecule has 0 aliphatic carbocycles. The Morgan fingerprint density at radius 2 is 1.51 bits per heavy atom. The predicted octanol–water partition coefficient (Wildman–Crippen LogP) is -3.13. The van der Waals surface area contributed by atoms with Gasteiger partial charge in [0.1, 0.15) is 0 Å². The van der Waals surface area contributed by atoms with Gasteiger partial charge in [-0.05, 0) is 35.4 Å². The highest BCUT2D eigenvalue weighted by atomic mass is 35.7. The fourth-order valence-corrected chi connectivity index (χ4v) is 6.47. The molecule has 4 aromatic rings. The summed E-state index contributed by atoms with van der Waals surface area (Å²) >= 11 is 0.536. The number of rotatable bonds is 7. The molecule has 43 heavy (non-hydrogen) atoms. The Bertz CT molecular complexity index is 1880. The number of benzene rings is 2. The minimum absolute atomic E-state index is 0.0797. The van der Waals surface area contributed by atoms with Crippen LogP contribution in [0.4, 0.5) is 5.69 Å². The summed E-state index contributed by atoms with van der Waals surface area (Å²) < 4.78 is 88.5. The number of aryl methyl sites for hydroxylation is 3. The lowest BCUT2D eigenvalue weighted by molar-refractivity contribution is -2.00. The van der Waals surface area contributed by atoms with Crippen LogP contribution in [0.1, 0.15) is 11.4 Å². The fourth-order valence-electron chi connectivity index (χ4n) is 3.70. The first-order chi connectivity index (χ1) is 19.8. The number of hydrogen-bond acceptors (Lipinski definition) is 11. The molecule has 0 spiro atoms. The zero-order valence-electron chi connectivity index (χ0n) is 22.7. The van der Waals surface area contributed by atoms with E-state index in [9.17, 15) is 21.6 Å². The normalized spacial score (nSPS) is 12.4. The molecule has 19 heteroatoms. The van der Waals surface area contributed by atoms with Crippen molar-refractivity contribution in [3.8, 4) is 11.1 Å². The predicted molar refractivity (Wildman–Crippen MR) is 142 cm³/mol. The van der Waals surface area contributed by atoms with Crippen LogP contribution in [0.2, 0.25) is 0 Å². The van der Waals surface area contributed by atoms with Crippen LogP contribution in [0.15, 0.2) is 80.4 Å². The Kier molecular flexibility index (Phi) is 10.5. The number of anilines is 1. The Morgan fingerprint density at radius 1 is 0.977 bits per heavy atom. The lowest BCUT2D eigenvalue weighted by Gasteiger charge is -2.17. The SMILES string of the molecule is Cc1cc(-c2ccccc2)cc(C)[n+]1CC(=O)Nc1ccc(S(=O)(=O)N=c2sc(S(N)(=O)=O)nn2C)cc1.[O-][Cl+3]([O-])([O-])[O-]. The number of nitrogens with one attached hydrogen (secondary N) is 1. The summed E-state index contributed by atoms with van der Waals surface area (Å²) in [6.45, 7) is 3.95. The lowest BCUT2D eigenvalue weighted by atomic mass is 10.0. The van der Waals surface area contributed by atoms with Gasteiger partial charge in [-0.15, -0.1) is 19.7 Å². The van der Waals surface area contributed by atoms with Crippen molar-refractivity contribution in [1.82, 2.24) is 9.78 Å². The monoisotopic (exact) mass is 672 g/mol. The van der Waals surface area contributed by atoms with Gasteiger partial charge in [0, 0.05) is 38.7 Å². The largest absolute Gasteiger partial charge is 0.321 e. The van der Waals surface area contributed by atoms with E-state index in [0.29, 0.717) is 17.0 Å². The molecule has 3 N–H and O–H groups in total. The zero-order valence-corrected chi connectivity index (χ0v) is 25.9. The van der Waals surface area contributed by atoms with E-state index in [2.05, 4.69) is 14.8 Å². The zero-order chi connectivity index (χ0) is 32.2. The molecule has 0 fully saturated rings. The van der Waals surface area contributed by atoms with Crippen LogP contribution in [-0.2, 0) is 38.4 Å². The Labute approximate surface area is 252 Å². The van der Waals surface area contributed by atoms with E-state index in [-0.39, 0.29) is 22.1 Å². The van der Waals surface area contributed by atoms with Crippen LogP contribution in [0, 0.1) is 24.1 Å². The van der Waals surface area contributed by atoms with Crippen LogP contribution in [0.25, 0.3) is 11.1 Å². The number of carbonyl (C=O) groups is 1. The standard InChI is InChI=1S/C24H24N6O5S3.ClHO4/c1-16-13-19(18-7-5-4-6-8-18)14-17(2)30(16)15-22(31)26-20-9-11-21(12-10-20)38(34,35)28-23-29(3)27-24(36-23)37(25,32)33;2-1(3,4)5/h4-14H,15H2,1-3H3,(H2-,25,26,31,32,33);(H,2,3,4,5). The molecule has 2 aromatic heterocycles. The molecular weight excluding hydrogens is 648 g/mol. The molecule has 2 heterocycles. The van der Waals surface area contributed by atoms with Gasteiger partial charge >= 0.3 is 0 Å². The number of amides is 1. The van der Waals surface area contributed by atoms with Gasteiger partial charge < -0.3 is 5.32 Å². The van der Waals surface area contributed by atoms with Crippen LogP contribution >= 0.6 is 11.3 Å². The van der Waals surface area contributed by atoms with E-state index in [4.69, 9.17) is 23.8 Å². The summed E-state index contributed by atoms with van der Waals surface area (Å²) in [7, 11) is -11.9. The number of hydrogen-bond donors (Lipinski definition) is 2. The van der Waals surface area contributed by atoms with Crippen LogP contribution in [0.5, 0.6) is 0 Å². The number of halogens is 1. The summed E-state index contributed by atoms with van der Waals surface area (Å²) in [6.07, 6.45) is 0. The van der Waals surface area contributed by atoms with Crippen molar-refractivity contribution in [1.29, 1.82) is 0 Å². The number of sulfonamides is 2. The van der Waals surface area contributed by atoms with Gasteiger partial charge in [-0.25, -0.2) is 36.9 Å². The van der Waals surface area contributed by atoms with Crippen LogP contribution in [0.3, 0.4) is 0 Å². The number of nitrogens with two attached hydrogens (primary N) is 1. The van der Waals surface area contributed by atoms with Gasteiger partial charge in [0.25, 0.3) is 26.0 Å². The summed E-state index contributed by atoms with van der Waals surface area (Å²) in [5, 5.41) is 11.5. The maximum absolute atomic E-state index is 12.7. The molecule has 0 atom stereocenters. The molecule has 0 saturated heterocycles. The molecule has 1 amide bonds. The minimum atomic E-state index is -4.94. The van der Waals surface area contributed by atoms with Crippen molar-refractivity contribution in [3.05, 3.63) is 82.9 Å². The molecule has 15 nitrogen and oxygen atoms in total. The van der Waals surface area contributed by atoms with Crippen molar-refractivity contribution < 1.29 is 55.1 Å². The molecule has 0 aliphatic heterocycles. The van der Waals surface area contributed by atoms with Gasteiger partial charge in [-0.2, -0.15) is 13.0 Å². The maximum atomic E-state index is 12.7. The Hall–Kier alpha value is -3.59. The van der Waals surface area contributed by atoms with Crippen molar-refractivity contribution in [2.75, 3.05) is 5.32 Å². The fraction of sp³-hybridized carbons (Fsp3) is 0.167. The quantitative estimate of drug-likeness (QED) is 0.187. The molecule has 0 unspecified atom stereocenters. The third-order valence-electron chi connectivity index (χ3n) is 5.55. The average Bonchev–Trinajstić information content (AvgIpc) is 3.26. The Balaban J connectivity index is 0.000000934. The van der Waals surface area contributed by atoms with E-state index >= 15 is 0 Å². The van der Waals surface area contributed by atoms with E-state index in [0.717, 1.165) is 27.2 Å². The van der Waals surface area contributed by atoms with Crippen molar-refractivity contribution in [2.45, 2.75) is 29.6 Å². The second-order valence-electron chi connectivity index (χ2n) is 8.81. The minimum Gasteiger partial charge on any atom is -0.321 e. The number of carbonyl (C=O) groups excluding carboxylic acids is 1. The highest BCUT2D eigenvalue weighted by Crippen LogP contribution is 2.20. The molecule has 0 aliphatic rings. The second kappa shape index (κ2) is 13.4. The molecule has 0 bridgehead atoms. The molecule has 2 aromatic carbocycles. The smallest absolute Gasteiger partial charge is 0.290 e.